The Kier molecular flexibility index (Phi) is 2.49. The molecule has 4 rings (SSSR count). The highest BCUT2D eigenvalue weighted by Gasteiger charge is 2.30. The summed E-state index contributed by atoms with van der Waals surface area (Å²) in [6.07, 6.45) is 3.13. The summed E-state index contributed by atoms with van der Waals surface area (Å²) in [6, 6.07) is 9.96. The van der Waals surface area contributed by atoms with Crippen molar-refractivity contribution in [2.24, 2.45) is 0 Å². The van der Waals surface area contributed by atoms with Gasteiger partial charge in [-0.3, -0.25) is 0 Å². The number of benzene rings is 1. The van der Waals surface area contributed by atoms with Crippen LogP contribution < -0.4 is 4.74 Å². The van der Waals surface area contributed by atoms with Crippen molar-refractivity contribution in [2.45, 2.75) is 31.3 Å². The van der Waals surface area contributed by atoms with Crippen molar-refractivity contribution < 1.29 is 4.74 Å². The van der Waals surface area contributed by atoms with Gasteiger partial charge in [-0.2, -0.15) is 0 Å². The fraction of sp³-hybridized carbons (Fsp3) is 0.333. The first-order valence-electron chi connectivity index (χ1n) is 6.58. The summed E-state index contributed by atoms with van der Waals surface area (Å²) in [5.41, 5.74) is 2.28. The summed E-state index contributed by atoms with van der Waals surface area (Å²) in [7, 11) is 0. The molecule has 0 N–H and O–H groups in total. The number of nitrogens with zero attached hydrogens (tertiary/aromatic N) is 2. The molecule has 3 nitrogen and oxygen atoms in total. The molecule has 1 fully saturated rings. The Hall–Kier alpha value is -1.61. The van der Waals surface area contributed by atoms with E-state index in [0.29, 0.717) is 16.9 Å². The molecule has 19 heavy (non-hydrogen) atoms. The van der Waals surface area contributed by atoms with Crippen LogP contribution in [-0.2, 0) is 6.42 Å². The Morgan fingerprint density at radius 2 is 2.00 bits per heavy atom. The maximum atomic E-state index is 6.10. The molecule has 0 amide bonds. The van der Waals surface area contributed by atoms with Crippen molar-refractivity contribution in [2.75, 3.05) is 0 Å². The normalized spacial score (nSPS) is 21.0. The smallest absolute Gasteiger partial charge is 0.171 e. The second kappa shape index (κ2) is 4.20. The van der Waals surface area contributed by atoms with Gasteiger partial charge in [-0.05, 0) is 30.5 Å². The summed E-state index contributed by atoms with van der Waals surface area (Å²) in [5.74, 6) is 2.22. The number of para-hydroxylation sites is 1. The molecule has 4 heteroatoms. The van der Waals surface area contributed by atoms with Crippen molar-refractivity contribution in [3.8, 4) is 5.75 Å². The van der Waals surface area contributed by atoms with Gasteiger partial charge in [0.1, 0.15) is 10.9 Å². The van der Waals surface area contributed by atoms with E-state index in [1.807, 2.05) is 24.3 Å². The molecule has 1 atom stereocenters. The molecule has 2 aromatic rings. The van der Waals surface area contributed by atoms with Crippen LogP contribution in [0, 0.1) is 0 Å². The number of ether oxygens (including phenoxy) is 1. The lowest BCUT2D eigenvalue weighted by Crippen LogP contribution is -2.10. The van der Waals surface area contributed by atoms with Gasteiger partial charge < -0.3 is 4.74 Å². The van der Waals surface area contributed by atoms with Crippen LogP contribution in [0.3, 0.4) is 0 Å². The Balaban J connectivity index is 1.67. The van der Waals surface area contributed by atoms with Crippen molar-refractivity contribution in [3.63, 3.8) is 0 Å². The van der Waals surface area contributed by atoms with Gasteiger partial charge in [0.2, 0.25) is 0 Å². The van der Waals surface area contributed by atoms with E-state index in [9.17, 15) is 0 Å². The molecule has 0 bridgehead atoms. The molecule has 2 aliphatic rings. The lowest BCUT2D eigenvalue weighted by Gasteiger charge is -2.10. The Labute approximate surface area is 116 Å². The molecule has 1 aromatic heterocycles. The third-order valence-corrected chi connectivity index (χ3v) is 3.86. The van der Waals surface area contributed by atoms with Crippen LogP contribution in [0.15, 0.2) is 30.3 Å². The first-order valence-corrected chi connectivity index (χ1v) is 6.96. The molecular weight excluding hydrogens is 260 g/mol. The summed E-state index contributed by atoms with van der Waals surface area (Å²) < 4.78 is 5.92. The summed E-state index contributed by atoms with van der Waals surface area (Å²) in [5, 5.41) is 0.520. The van der Waals surface area contributed by atoms with E-state index in [4.69, 9.17) is 16.3 Å². The Morgan fingerprint density at radius 1 is 1.16 bits per heavy atom. The van der Waals surface area contributed by atoms with Gasteiger partial charge in [0.05, 0.1) is 0 Å². The molecule has 1 aromatic carbocycles. The molecule has 1 unspecified atom stereocenters. The third-order valence-electron chi connectivity index (χ3n) is 3.66. The maximum Gasteiger partial charge on any atom is 0.171 e. The highest BCUT2D eigenvalue weighted by Crippen LogP contribution is 2.41. The van der Waals surface area contributed by atoms with Crippen LogP contribution in [0.1, 0.15) is 41.9 Å². The highest BCUT2D eigenvalue weighted by molar-refractivity contribution is 6.29. The second-order valence-corrected chi connectivity index (χ2v) is 5.55. The van der Waals surface area contributed by atoms with E-state index in [-0.39, 0.29) is 6.10 Å². The van der Waals surface area contributed by atoms with Gasteiger partial charge in [0.25, 0.3) is 0 Å². The van der Waals surface area contributed by atoms with Crippen LogP contribution in [0.2, 0.25) is 5.15 Å². The number of hydrogen-bond acceptors (Lipinski definition) is 3. The zero-order chi connectivity index (χ0) is 12.8. The van der Waals surface area contributed by atoms with Crippen LogP contribution in [0.5, 0.6) is 5.75 Å². The van der Waals surface area contributed by atoms with Gasteiger partial charge in [-0.25, -0.2) is 9.97 Å². The summed E-state index contributed by atoms with van der Waals surface area (Å²) >= 11 is 6.10. The molecule has 0 radical (unpaired) electrons. The lowest BCUT2D eigenvalue weighted by atomic mass is 10.1. The number of hydrogen-bond donors (Lipinski definition) is 0. The average molecular weight is 273 g/mol. The number of fused-ring (bicyclic) bond motifs is 1. The van der Waals surface area contributed by atoms with Crippen LogP contribution in [0.4, 0.5) is 0 Å². The van der Waals surface area contributed by atoms with Gasteiger partial charge >= 0.3 is 0 Å². The molecule has 1 saturated carbocycles. The zero-order valence-corrected chi connectivity index (χ0v) is 11.1. The highest BCUT2D eigenvalue weighted by atomic mass is 35.5. The molecule has 2 heterocycles. The number of halogens is 1. The molecule has 1 aliphatic heterocycles. The summed E-state index contributed by atoms with van der Waals surface area (Å²) in [4.78, 5) is 8.98. The van der Waals surface area contributed by atoms with Crippen LogP contribution >= 0.6 is 11.6 Å². The zero-order valence-electron chi connectivity index (χ0n) is 10.3. The van der Waals surface area contributed by atoms with Crippen LogP contribution in [0.25, 0.3) is 0 Å². The van der Waals surface area contributed by atoms with Crippen molar-refractivity contribution in [1.82, 2.24) is 9.97 Å². The van der Waals surface area contributed by atoms with E-state index in [1.165, 1.54) is 18.4 Å². The van der Waals surface area contributed by atoms with E-state index in [2.05, 4.69) is 16.0 Å². The minimum atomic E-state index is -0.103. The SMILES string of the molecule is Clc1cc(C2CC2)nc(C2Cc3ccccc3O2)n1. The first kappa shape index (κ1) is 11.2. The molecule has 1 aliphatic carbocycles. The van der Waals surface area contributed by atoms with Gasteiger partial charge in [-0.15, -0.1) is 0 Å². The monoisotopic (exact) mass is 272 g/mol. The average Bonchev–Trinajstić information content (AvgIpc) is 3.17. The van der Waals surface area contributed by atoms with E-state index in [0.717, 1.165) is 17.9 Å². The Morgan fingerprint density at radius 3 is 2.79 bits per heavy atom. The minimum absolute atomic E-state index is 0.103. The molecular formula is C15H13ClN2O. The van der Waals surface area contributed by atoms with Crippen molar-refractivity contribution in [1.29, 1.82) is 0 Å². The van der Waals surface area contributed by atoms with Crippen molar-refractivity contribution in [3.05, 3.63) is 52.6 Å². The topological polar surface area (TPSA) is 35.0 Å². The van der Waals surface area contributed by atoms with Gasteiger partial charge in [0.15, 0.2) is 11.9 Å². The fourth-order valence-electron chi connectivity index (χ4n) is 2.51. The maximum absolute atomic E-state index is 6.10. The minimum Gasteiger partial charge on any atom is -0.482 e. The number of rotatable bonds is 2. The molecule has 0 spiro atoms. The summed E-state index contributed by atoms with van der Waals surface area (Å²) in [6.45, 7) is 0. The second-order valence-electron chi connectivity index (χ2n) is 5.17. The van der Waals surface area contributed by atoms with Gasteiger partial charge in [0, 0.05) is 18.0 Å². The Bertz CT molecular complexity index is 615. The molecule has 96 valence electrons. The molecule has 0 saturated heterocycles. The quantitative estimate of drug-likeness (QED) is 0.782. The fourth-order valence-corrected chi connectivity index (χ4v) is 2.71. The first-order chi connectivity index (χ1) is 9.29. The van der Waals surface area contributed by atoms with Crippen molar-refractivity contribution >= 4 is 11.6 Å². The van der Waals surface area contributed by atoms with Gasteiger partial charge in [-0.1, -0.05) is 29.8 Å². The van der Waals surface area contributed by atoms with Crippen LogP contribution in [-0.4, -0.2) is 9.97 Å². The standard InChI is InChI=1S/C15H13ClN2O/c16-14-8-11(9-5-6-9)17-15(18-14)13-7-10-3-1-2-4-12(10)19-13/h1-4,8-9,13H,5-7H2. The lowest BCUT2D eigenvalue weighted by molar-refractivity contribution is 0.227. The predicted molar refractivity (Wildman–Crippen MR) is 72.5 cm³/mol. The predicted octanol–water partition coefficient (Wildman–Crippen LogP) is 3.68. The number of aromatic nitrogens is 2. The van der Waals surface area contributed by atoms with E-state index >= 15 is 0 Å². The van der Waals surface area contributed by atoms with E-state index < -0.39 is 0 Å². The third kappa shape index (κ3) is 2.08. The largest absolute Gasteiger partial charge is 0.482 e. The van der Waals surface area contributed by atoms with E-state index in [1.54, 1.807) is 0 Å².